The second kappa shape index (κ2) is 17.3. The van der Waals surface area contributed by atoms with E-state index in [1.807, 2.05) is 12.1 Å². The molecule has 0 fully saturated rings. The normalized spacial score (nSPS) is 11.4. The fourth-order valence-corrected chi connectivity index (χ4v) is 9.88. The highest BCUT2D eigenvalue weighted by Crippen LogP contribution is 2.39. The van der Waals surface area contributed by atoms with Crippen molar-refractivity contribution < 1.29 is 0 Å². The van der Waals surface area contributed by atoms with Crippen LogP contribution in [0.15, 0.2) is 267 Å². The van der Waals surface area contributed by atoms with Crippen LogP contribution >= 0.6 is 0 Å². The Hall–Kier alpha value is -9.52. The predicted molar refractivity (Wildman–Crippen MR) is 287 cm³/mol. The van der Waals surface area contributed by atoms with E-state index in [4.69, 9.17) is 10.2 Å². The van der Waals surface area contributed by atoms with Crippen LogP contribution in [0.1, 0.15) is 0 Å². The van der Waals surface area contributed by atoms with Gasteiger partial charge in [0.1, 0.15) is 0 Å². The Balaban J connectivity index is 0.942. The van der Waals surface area contributed by atoms with E-state index in [2.05, 4.69) is 273 Å². The van der Waals surface area contributed by atoms with E-state index in [1.165, 1.54) is 0 Å². The SMILES string of the molecule is c1ccc(-c2cc(-c3ccccc3)n(-c3ccc(-n4c(-c5ccccc5)cc5cc6c(cc(-c7ccccc7)n6-c6ccc(-n7nc(-c8ccccc8)cc7-c7ccccc7)cc6)cc54)cc3)n2)cc1. The van der Waals surface area contributed by atoms with E-state index in [-0.39, 0.29) is 0 Å². The first-order valence-corrected chi connectivity index (χ1v) is 23.7. The topological polar surface area (TPSA) is 45.5 Å². The van der Waals surface area contributed by atoms with Gasteiger partial charge in [-0.15, -0.1) is 0 Å². The molecule has 6 nitrogen and oxygen atoms in total. The van der Waals surface area contributed by atoms with E-state index in [0.29, 0.717) is 0 Å². The second-order valence-corrected chi connectivity index (χ2v) is 17.6. The number of aromatic nitrogens is 6. The molecule has 0 atom stereocenters. The molecule has 4 heterocycles. The van der Waals surface area contributed by atoms with Gasteiger partial charge in [0.05, 0.1) is 56.6 Å². The van der Waals surface area contributed by atoms with Crippen molar-refractivity contribution in [3.05, 3.63) is 267 Å². The molecule has 0 radical (unpaired) electrons. The molecule has 70 heavy (non-hydrogen) atoms. The van der Waals surface area contributed by atoms with E-state index in [1.54, 1.807) is 0 Å². The molecular weight excluding hydrogens is 853 g/mol. The first-order chi connectivity index (χ1) is 34.7. The van der Waals surface area contributed by atoms with Crippen LogP contribution in [0.5, 0.6) is 0 Å². The molecular formula is C64H44N6. The van der Waals surface area contributed by atoms with Crippen LogP contribution < -0.4 is 0 Å². The maximum atomic E-state index is 5.18. The molecule has 13 aromatic rings. The van der Waals surface area contributed by atoms with Crippen molar-refractivity contribution in [3.8, 4) is 90.3 Å². The van der Waals surface area contributed by atoms with Crippen LogP contribution in [0.4, 0.5) is 0 Å². The summed E-state index contributed by atoms with van der Waals surface area (Å²) in [5.41, 5.74) is 19.2. The highest BCUT2D eigenvalue weighted by molar-refractivity contribution is 6.02. The van der Waals surface area contributed by atoms with Crippen LogP contribution in [-0.4, -0.2) is 28.7 Å². The van der Waals surface area contributed by atoms with Gasteiger partial charge in [0, 0.05) is 44.4 Å². The summed E-state index contributed by atoms with van der Waals surface area (Å²) in [6, 6.07) is 94.5. The van der Waals surface area contributed by atoms with Gasteiger partial charge in [-0.3, -0.25) is 0 Å². The standard InChI is InChI=1S/C64H44N6/c1-7-19-45(20-8-1)57-43-63(49-27-15-5-16-28-49)69(65-57)55-35-31-53(32-36-55)67-59(47-23-11-3-12-24-47)39-51-42-62-52(41-61(51)67)40-60(48-25-13-4-14-26-48)68(62)54-33-37-56(38-34-54)70-64(50-29-17-6-18-30-50)44-58(66-70)46-21-9-2-10-22-46/h1-44H. The third kappa shape index (κ3) is 7.32. The summed E-state index contributed by atoms with van der Waals surface area (Å²) in [6.07, 6.45) is 0. The minimum atomic E-state index is 0.931. The minimum Gasteiger partial charge on any atom is -0.309 e. The lowest BCUT2D eigenvalue weighted by Crippen LogP contribution is -2.02. The van der Waals surface area contributed by atoms with E-state index in [0.717, 1.165) is 112 Å². The van der Waals surface area contributed by atoms with Crippen molar-refractivity contribution in [3.63, 3.8) is 0 Å². The van der Waals surface area contributed by atoms with E-state index < -0.39 is 0 Å². The molecule has 0 saturated heterocycles. The molecule has 0 aliphatic rings. The summed E-state index contributed by atoms with van der Waals surface area (Å²) in [4.78, 5) is 0. The Morgan fingerprint density at radius 2 is 0.500 bits per heavy atom. The molecule has 9 aromatic carbocycles. The van der Waals surface area contributed by atoms with Gasteiger partial charge in [0.15, 0.2) is 0 Å². The molecule has 0 N–H and O–H groups in total. The Bertz CT molecular complexity index is 3660. The van der Waals surface area contributed by atoms with Gasteiger partial charge >= 0.3 is 0 Å². The lowest BCUT2D eigenvalue weighted by molar-refractivity contribution is 0.891. The number of nitrogens with zero attached hydrogens (tertiary/aromatic N) is 6. The monoisotopic (exact) mass is 896 g/mol. The Morgan fingerprint density at radius 1 is 0.229 bits per heavy atom. The summed E-state index contributed by atoms with van der Waals surface area (Å²) >= 11 is 0. The molecule has 13 rings (SSSR count). The van der Waals surface area contributed by atoms with Crippen molar-refractivity contribution in [2.45, 2.75) is 0 Å². The molecule has 0 unspecified atom stereocenters. The van der Waals surface area contributed by atoms with Gasteiger partial charge in [-0.1, -0.05) is 182 Å². The van der Waals surface area contributed by atoms with E-state index >= 15 is 0 Å². The largest absolute Gasteiger partial charge is 0.309 e. The fraction of sp³-hybridized carbons (Fsp3) is 0. The lowest BCUT2D eigenvalue weighted by atomic mass is 10.1. The quantitative estimate of drug-likeness (QED) is 0.137. The molecule has 0 bridgehead atoms. The first-order valence-electron chi connectivity index (χ1n) is 23.7. The third-order valence-corrected chi connectivity index (χ3v) is 13.3. The van der Waals surface area contributed by atoms with Gasteiger partial charge in [-0.05, 0) is 96.1 Å². The zero-order chi connectivity index (χ0) is 46.4. The molecule has 6 heteroatoms. The van der Waals surface area contributed by atoms with Gasteiger partial charge in [0.2, 0.25) is 0 Å². The predicted octanol–water partition coefficient (Wildman–Crippen LogP) is 15.9. The van der Waals surface area contributed by atoms with Gasteiger partial charge in [-0.2, -0.15) is 10.2 Å². The molecule has 4 aromatic heterocycles. The first kappa shape index (κ1) is 40.7. The summed E-state index contributed by atoms with van der Waals surface area (Å²) in [5.74, 6) is 0. The third-order valence-electron chi connectivity index (χ3n) is 13.3. The van der Waals surface area contributed by atoms with Crippen LogP contribution in [0.2, 0.25) is 0 Å². The Labute approximate surface area is 405 Å². The molecule has 0 amide bonds. The van der Waals surface area contributed by atoms with Crippen molar-refractivity contribution >= 4 is 21.8 Å². The Morgan fingerprint density at radius 3 is 0.814 bits per heavy atom. The highest BCUT2D eigenvalue weighted by atomic mass is 15.3. The number of fused-ring (bicyclic) bond motifs is 2. The van der Waals surface area contributed by atoms with Crippen LogP contribution in [0, 0.1) is 0 Å². The maximum absolute atomic E-state index is 5.18. The number of rotatable bonds is 10. The average molecular weight is 897 g/mol. The summed E-state index contributed by atoms with van der Waals surface area (Å²) in [5, 5.41) is 12.7. The summed E-state index contributed by atoms with van der Waals surface area (Å²) < 4.78 is 8.93. The van der Waals surface area contributed by atoms with Gasteiger partial charge in [0.25, 0.3) is 0 Å². The minimum absolute atomic E-state index is 0.931. The van der Waals surface area contributed by atoms with Crippen LogP contribution in [0.25, 0.3) is 112 Å². The van der Waals surface area contributed by atoms with Crippen molar-refractivity contribution in [1.82, 2.24) is 28.7 Å². The van der Waals surface area contributed by atoms with Crippen molar-refractivity contribution in [2.75, 3.05) is 0 Å². The van der Waals surface area contributed by atoms with E-state index in [9.17, 15) is 0 Å². The average Bonchev–Trinajstić information content (AvgIpc) is 4.26. The molecule has 0 aliphatic carbocycles. The van der Waals surface area contributed by atoms with Crippen LogP contribution in [0.3, 0.4) is 0 Å². The smallest absolute Gasteiger partial charge is 0.0934 e. The number of hydrogen-bond donors (Lipinski definition) is 0. The second-order valence-electron chi connectivity index (χ2n) is 17.6. The fourth-order valence-electron chi connectivity index (χ4n) is 9.88. The lowest BCUT2D eigenvalue weighted by Gasteiger charge is -2.14. The highest BCUT2D eigenvalue weighted by Gasteiger charge is 2.20. The van der Waals surface area contributed by atoms with Crippen molar-refractivity contribution in [2.24, 2.45) is 0 Å². The zero-order valence-corrected chi connectivity index (χ0v) is 38.1. The van der Waals surface area contributed by atoms with Gasteiger partial charge < -0.3 is 9.13 Å². The summed E-state index contributed by atoms with van der Waals surface area (Å²) in [6.45, 7) is 0. The number of benzene rings is 9. The Kier molecular flexibility index (Phi) is 10.1. The molecule has 0 aliphatic heterocycles. The van der Waals surface area contributed by atoms with Gasteiger partial charge in [-0.25, -0.2) is 9.36 Å². The zero-order valence-electron chi connectivity index (χ0n) is 38.1. The van der Waals surface area contributed by atoms with Crippen LogP contribution in [-0.2, 0) is 0 Å². The number of hydrogen-bond acceptors (Lipinski definition) is 2. The molecule has 330 valence electrons. The molecule has 0 saturated carbocycles. The molecule has 0 spiro atoms. The summed E-state index contributed by atoms with van der Waals surface area (Å²) in [7, 11) is 0. The maximum Gasteiger partial charge on any atom is 0.0934 e. The van der Waals surface area contributed by atoms with Crippen molar-refractivity contribution in [1.29, 1.82) is 0 Å².